The van der Waals surface area contributed by atoms with Gasteiger partial charge in [0.2, 0.25) is 0 Å². The molecule has 0 amide bonds. The van der Waals surface area contributed by atoms with Crippen LogP contribution in [0.25, 0.3) is 0 Å². The maximum absolute atomic E-state index is 10.8. The summed E-state index contributed by atoms with van der Waals surface area (Å²) in [6.45, 7) is 0.130. The summed E-state index contributed by atoms with van der Waals surface area (Å²) in [6.07, 6.45) is 1.16. The molecule has 15 heavy (non-hydrogen) atoms. The molecule has 0 spiro atoms. The van der Waals surface area contributed by atoms with Gasteiger partial charge in [0.1, 0.15) is 12.4 Å². The van der Waals surface area contributed by atoms with E-state index in [2.05, 4.69) is 0 Å². The summed E-state index contributed by atoms with van der Waals surface area (Å²) in [7, 11) is -2.98. The molecule has 0 aliphatic heterocycles. The molecule has 4 nitrogen and oxygen atoms in total. The molecule has 0 bridgehead atoms. The van der Waals surface area contributed by atoms with Crippen molar-refractivity contribution in [3.63, 3.8) is 0 Å². The van der Waals surface area contributed by atoms with E-state index in [1.165, 1.54) is 0 Å². The van der Waals surface area contributed by atoms with Crippen molar-refractivity contribution in [1.29, 1.82) is 5.26 Å². The quantitative estimate of drug-likeness (QED) is 0.766. The summed E-state index contributed by atoms with van der Waals surface area (Å²) >= 11 is 0. The van der Waals surface area contributed by atoms with Crippen LogP contribution < -0.4 is 4.74 Å². The second-order valence-electron chi connectivity index (χ2n) is 3.11. The van der Waals surface area contributed by atoms with E-state index < -0.39 is 9.84 Å². The molecule has 0 aliphatic carbocycles. The van der Waals surface area contributed by atoms with E-state index in [1.54, 1.807) is 24.3 Å². The zero-order valence-corrected chi connectivity index (χ0v) is 9.12. The molecule has 5 heteroatoms. The molecule has 1 aromatic rings. The Labute approximate surface area is 89.0 Å². The number of hydrogen-bond donors (Lipinski definition) is 0. The zero-order valence-electron chi connectivity index (χ0n) is 8.30. The lowest BCUT2D eigenvalue weighted by Gasteiger charge is -2.04. The van der Waals surface area contributed by atoms with Crippen LogP contribution in [0.3, 0.4) is 0 Å². The molecular formula is C10H11NO3S. The molecule has 0 saturated heterocycles. The summed E-state index contributed by atoms with van der Waals surface area (Å²) in [5.41, 5.74) is 0.547. The zero-order chi connectivity index (χ0) is 11.3. The molecule has 0 fully saturated rings. The van der Waals surface area contributed by atoms with E-state index in [9.17, 15) is 8.42 Å². The topological polar surface area (TPSA) is 67.2 Å². The van der Waals surface area contributed by atoms with Crippen molar-refractivity contribution < 1.29 is 13.2 Å². The van der Waals surface area contributed by atoms with Crippen molar-refractivity contribution in [3.05, 3.63) is 29.8 Å². The van der Waals surface area contributed by atoms with Gasteiger partial charge in [-0.2, -0.15) is 5.26 Å². The molecule has 0 unspecified atom stereocenters. The van der Waals surface area contributed by atoms with Crippen molar-refractivity contribution in [2.24, 2.45) is 0 Å². The first-order valence-corrected chi connectivity index (χ1v) is 6.38. The van der Waals surface area contributed by atoms with Gasteiger partial charge in [-0.05, 0) is 24.3 Å². The Balaban J connectivity index is 2.49. The summed E-state index contributed by atoms with van der Waals surface area (Å²) in [5.74, 6) is 0.560. The second-order valence-corrected chi connectivity index (χ2v) is 5.37. The van der Waals surface area contributed by atoms with Crippen LogP contribution in [0.1, 0.15) is 5.56 Å². The van der Waals surface area contributed by atoms with Gasteiger partial charge in [-0.3, -0.25) is 0 Å². The lowest BCUT2D eigenvalue weighted by Crippen LogP contribution is -2.11. The highest BCUT2D eigenvalue weighted by Crippen LogP contribution is 2.11. The average molecular weight is 225 g/mol. The molecule has 0 radical (unpaired) electrons. The van der Waals surface area contributed by atoms with E-state index in [4.69, 9.17) is 10.00 Å². The number of nitriles is 1. The number of ether oxygens (including phenoxy) is 1. The summed E-state index contributed by atoms with van der Waals surface area (Å²) < 4.78 is 26.8. The van der Waals surface area contributed by atoms with Gasteiger partial charge in [-0.1, -0.05) is 0 Å². The van der Waals surface area contributed by atoms with Gasteiger partial charge < -0.3 is 4.74 Å². The SMILES string of the molecule is CS(=O)(=O)CCOc1ccc(C#N)cc1. The van der Waals surface area contributed by atoms with Gasteiger partial charge in [0.15, 0.2) is 9.84 Å². The maximum atomic E-state index is 10.8. The minimum absolute atomic E-state index is 0.00694. The Morgan fingerprint density at radius 1 is 1.33 bits per heavy atom. The fraction of sp³-hybridized carbons (Fsp3) is 0.300. The summed E-state index contributed by atoms with van der Waals surface area (Å²) in [6, 6.07) is 8.50. The van der Waals surface area contributed by atoms with Crippen LogP contribution in [0.4, 0.5) is 0 Å². The fourth-order valence-electron chi connectivity index (χ4n) is 0.937. The third kappa shape index (κ3) is 4.47. The normalized spacial score (nSPS) is 10.7. The van der Waals surface area contributed by atoms with Crippen LogP contribution in [0, 0.1) is 11.3 Å². The predicted octanol–water partition coefficient (Wildman–Crippen LogP) is 0.982. The Hall–Kier alpha value is -1.54. The molecule has 0 aromatic heterocycles. The highest BCUT2D eigenvalue weighted by atomic mass is 32.2. The van der Waals surface area contributed by atoms with Crippen LogP contribution >= 0.6 is 0 Å². The monoisotopic (exact) mass is 225 g/mol. The van der Waals surface area contributed by atoms with E-state index in [-0.39, 0.29) is 12.4 Å². The lowest BCUT2D eigenvalue weighted by molar-refractivity contribution is 0.341. The molecule has 0 aliphatic rings. The number of sulfone groups is 1. The van der Waals surface area contributed by atoms with Gasteiger partial charge in [-0.15, -0.1) is 0 Å². The highest BCUT2D eigenvalue weighted by molar-refractivity contribution is 7.90. The molecule has 1 aromatic carbocycles. The largest absolute Gasteiger partial charge is 0.493 e. The molecule has 0 saturated carbocycles. The fourth-order valence-corrected chi connectivity index (χ4v) is 1.32. The van der Waals surface area contributed by atoms with E-state index in [0.29, 0.717) is 11.3 Å². The number of rotatable bonds is 4. The average Bonchev–Trinajstić information content (AvgIpc) is 2.17. The first kappa shape index (κ1) is 11.5. The van der Waals surface area contributed by atoms with Gasteiger partial charge in [0, 0.05) is 6.26 Å². The summed E-state index contributed by atoms with van der Waals surface area (Å²) in [4.78, 5) is 0. The van der Waals surface area contributed by atoms with E-state index in [1.807, 2.05) is 6.07 Å². The Morgan fingerprint density at radius 2 is 1.93 bits per heavy atom. The van der Waals surface area contributed by atoms with Crippen molar-refractivity contribution in [2.75, 3.05) is 18.6 Å². The standard InChI is InChI=1S/C10H11NO3S/c1-15(12,13)7-6-14-10-4-2-9(8-11)3-5-10/h2-5H,6-7H2,1H3. The van der Waals surface area contributed by atoms with E-state index >= 15 is 0 Å². The van der Waals surface area contributed by atoms with Crippen LogP contribution in [0.5, 0.6) is 5.75 Å². The minimum Gasteiger partial charge on any atom is -0.493 e. The van der Waals surface area contributed by atoms with Gasteiger partial charge >= 0.3 is 0 Å². The Kier molecular flexibility index (Phi) is 3.69. The maximum Gasteiger partial charge on any atom is 0.150 e. The Bertz CT molecular complexity index is 456. The first-order valence-electron chi connectivity index (χ1n) is 4.32. The molecular weight excluding hydrogens is 214 g/mol. The second kappa shape index (κ2) is 4.80. The van der Waals surface area contributed by atoms with Crippen molar-refractivity contribution >= 4 is 9.84 Å². The van der Waals surface area contributed by atoms with Gasteiger partial charge in [0.05, 0.1) is 17.4 Å². The molecule has 0 heterocycles. The van der Waals surface area contributed by atoms with Crippen molar-refractivity contribution in [1.82, 2.24) is 0 Å². The highest BCUT2D eigenvalue weighted by Gasteiger charge is 2.02. The van der Waals surface area contributed by atoms with Gasteiger partial charge in [-0.25, -0.2) is 8.42 Å². The number of benzene rings is 1. The van der Waals surface area contributed by atoms with Crippen LogP contribution in [0.15, 0.2) is 24.3 Å². The molecule has 1 rings (SSSR count). The predicted molar refractivity (Wildman–Crippen MR) is 56.4 cm³/mol. The van der Waals surface area contributed by atoms with Crippen molar-refractivity contribution in [3.8, 4) is 11.8 Å². The van der Waals surface area contributed by atoms with Crippen LogP contribution in [-0.2, 0) is 9.84 Å². The molecule has 80 valence electrons. The smallest absolute Gasteiger partial charge is 0.150 e. The third-order valence-corrected chi connectivity index (χ3v) is 2.61. The number of hydrogen-bond acceptors (Lipinski definition) is 4. The number of nitrogens with zero attached hydrogens (tertiary/aromatic N) is 1. The Morgan fingerprint density at radius 3 is 2.40 bits per heavy atom. The van der Waals surface area contributed by atoms with Crippen LogP contribution in [0.2, 0.25) is 0 Å². The summed E-state index contributed by atoms with van der Waals surface area (Å²) in [5, 5.41) is 8.54. The lowest BCUT2D eigenvalue weighted by atomic mass is 10.2. The third-order valence-electron chi connectivity index (χ3n) is 1.71. The van der Waals surface area contributed by atoms with E-state index in [0.717, 1.165) is 6.26 Å². The van der Waals surface area contributed by atoms with Gasteiger partial charge in [0.25, 0.3) is 0 Å². The van der Waals surface area contributed by atoms with Crippen LogP contribution in [-0.4, -0.2) is 27.0 Å². The van der Waals surface area contributed by atoms with Crippen molar-refractivity contribution in [2.45, 2.75) is 0 Å². The first-order chi connectivity index (χ1) is 7.01. The molecule has 0 atom stereocenters. The minimum atomic E-state index is -2.98. The molecule has 0 N–H and O–H groups in total.